The van der Waals surface area contributed by atoms with Gasteiger partial charge in [-0.1, -0.05) is 0 Å². The molecule has 4 rings (SSSR count). The van der Waals surface area contributed by atoms with Gasteiger partial charge in [0.05, 0.1) is 19.1 Å². The summed E-state index contributed by atoms with van der Waals surface area (Å²) in [7, 11) is 2.13. The predicted molar refractivity (Wildman–Crippen MR) is 129 cm³/mol. The highest BCUT2D eigenvalue weighted by Gasteiger charge is 2.37. The van der Waals surface area contributed by atoms with Crippen LogP contribution in [0.25, 0.3) is 5.57 Å². The van der Waals surface area contributed by atoms with Crippen molar-refractivity contribution in [2.24, 2.45) is 10.7 Å². The Balaban J connectivity index is 1.57. The molecule has 2 aliphatic heterocycles. The van der Waals surface area contributed by atoms with Crippen molar-refractivity contribution < 1.29 is 14.3 Å². The van der Waals surface area contributed by atoms with Crippen LogP contribution in [0.15, 0.2) is 23.3 Å². The monoisotopic (exact) mass is 440 g/mol. The molecule has 1 aromatic carbocycles. The van der Waals surface area contributed by atoms with Gasteiger partial charge in [0.2, 0.25) is 0 Å². The van der Waals surface area contributed by atoms with Crippen LogP contribution >= 0.6 is 0 Å². The number of nitrogens with two attached hydrogens (primary N) is 1. The van der Waals surface area contributed by atoms with E-state index in [4.69, 9.17) is 15.2 Å². The SMILES string of the molecule is CC1CCc2c(ccc(C(C=NC3CC3)=CN)c2OC2CN(C(=O)OC(C)(C)C)C2)N1C. The number of amides is 1. The Morgan fingerprint density at radius 2 is 1.94 bits per heavy atom. The molecule has 32 heavy (non-hydrogen) atoms. The van der Waals surface area contributed by atoms with E-state index in [2.05, 4.69) is 36.0 Å². The van der Waals surface area contributed by atoms with Crippen LogP contribution in [-0.2, 0) is 11.2 Å². The lowest BCUT2D eigenvalue weighted by Gasteiger charge is -2.41. The van der Waals surface area contributed by atoms with Crippen molar-refractivity contribution in [1.29, 1.82) is 0 Å². The average Bonchev–Trinajstić information content (AvgIpc) is 3.51. The lowest BCUT2D eigenvalue weighted by molar-refractivity contribution is -0.0224. The topological polar surface area (TPSA) is 80.4 Å². The molecule has 2 N–H and O–H groups in total. The third-order valence-corrected chi connectivity index (χ3v) is 6.34. The number of aliphatic imine (C=N–C) groups is 1. The van der Waals surface area contributed by atoms with E-state index in [0.717, 1.165) is 42.6 Å². The lowest BCUT2D eigenvalue weighted by atomic mass is 9.92. The zero-order valence-corrected chi connectivity index (χ0v) is 19.9. The van der Waals surface area contributed by atoms with Crippen LogP contribution in [0, 0.1) is 0 Å². The molecule has 7 nitrogen and oxygen atoms in total. The van der Waals surface area contributed by atoms with Gasteiger partial charge in [0, 0.05) is 47.9 Å². The number of hydrogen-bond acceptors (Lipinski definition) is 6. The van der Waals surface area contributed by atoms with Gasteiger partial charge in [-0.15, -0.1) is 0 Å². The number of anilines is 1. The molecule has 1 amide bonds. The molecule has 0 aromatic heterocycles. The zero-order valence-electron chi connectivity index (χ0n) is 19.9. The fourth-order valence-electron chi connectivity index (χ4n) is 4.10. The normalized spacial score (nSPS) is 22.0. The van der Waals surface area contributed by atoms with Crippen molar-refractivity contribution in [3.63, 3.8) is 0 Å². The minimum atomic E-state index is -0.502. The Bertz CT molecular complexity index is 924. The predicted octanol–water partition coefficient (Wildman–Crippen LogP) is 3.99. The maximum absolute atomic E-state index is 12.3. The summed E-state index contributed by atoms with van der Waals surface area (Å²) in [5.41, 5.74) is 9.76. The van der Waals surface area contributed by atoms with Crippen LogP contribution in [0.5, 0.6) is 5.75 Å². The second-order valence-electron chi connectivity index (χ2n) is 10.2. The van der Waals surface area contributed by atoms with Gasteiger partial charge >= 0.3 is 6.09 Å². The quantitative estimate of drug-likeness (QED) is 0.701. The summed E-state index contributed by atoms with van der Waals surface area (Å²) in [6, 6.07) is 5.15. The van der Waals surface area contributed by atoms with E-state index in [1.165, 1.54) is 11.3 Å². The minimum absolute atomic E-state index is 0.0724. The van der Waals surface area contributed by atoms with E-state index < -0.39 is 5.60 Å². The standard InChI is InChI=1S/C25H36N4O3/c1-16-6-9-21-22(28(16)5)11-10-20(17(12-26)13-27-18-7-8-18)23(21)31-19-14-29(15-19)24(30)32-25(2,3)4/h10-13,16,18-19H,6-9,14-15,26H2,1-5H3. The van der Waals surface area contributed by atoms with Gasteiger partial charge in [0.15, 0.2) is 0 Å². The van der Waals surface area contributed by atoms with E-state index in [9.17, 15) is 4.79 Å². The first-order valence-corrected chi connectivity index (χ1v) is 11.6. The first kappa shape index (κ1) is 22.5. The number of carbonyl (C=O) groups excluding carboxylic acids is 1. The third-order valence-electron chi connectivity index (χ3n) is 6.34. The molecule has 1 aromatic rings. The average molecular weight is 441 g/mol. The maximum Gasteiger partial charge on any atom is 0.410 e. The van der Waals surface area contributed by atoms with Crippen LogP contribution in [-0.4, -0.2) is 61.1 Å². The van der Waals surface area contributed by atoms with E-state index >= 15 is 0 Å². The van der Waals surface area contributed by atoms with Crippen LogP contribution in [0.1, 0.15) is 58.1 Å². The molecular weight excluding hydrogens is 404 g/mol. The smallest absolute Gasteiger partial charge is 0.410 e. The summed E-state index contributed by atoms with van der Waals surface area (Å²) in [5, 5.41) is 0. The Labute approximate surface area is 191 Å². The lowest BCUT2D eigenvalue weighted by Crippen LogP contribution is -2.57. The molecule has 0 radical (unpaired) electrons. The molecule has 0 spiro atoms. The number of rotatable bonds is 5. The first-order chi connectivity index (χ1) is 15.2. The molecular formula is C25H36N4O3. The number of fused-ring (bicyclic) bond motifs is 1. The number of allylic oxidation sites excluding steroid dienone is 1. The van der Waals surface area contributed by atoms with Crippen molar-refractivity contribution in [2.45, 2.75) is 77.2 Å². The van der Waals surface area contributed by atoms with Crippen molar-refractivity contribution in [3.05, 3.63) is 29.5 Å². The summed E-state index contributed by atoms with van der Waals surface area (Å²) >= 11 is 0. The van der Waals surface area contributed by atoms with Crippen LogP contribution in [0.3, 0.4) is 0 Å². The molecule has 1 saturated carbocycles. The molecule has 1 atom stereocenters. The van der Waals surface area contributed by atoms with Crippen LogP contribution in [0.4, 0.5) is 10.5 Å². The molecule has 1 unspecified atom stereocenters. The fourth-order valence-corrected chi connectivity index (χ4v) is 4.10. The molecule has 3 aliphatic rings. The molecule has 174 valence electrons. The van der Waals surface area contributed by atoms with Gasteiger partial charge in [-0.25, -0.2) is 4.79 Å². The van der Waals surface area contributed by atoms with Gasteiger partial charge < -0.3 is 25.0 Å². The van der Waals surface area contributed by atoms with E-state index in [1.54, 1.807) is 11.1 Å². The maximum atomic E-state index is 12.3. The molecule has 7 heteroatoms. The number of carbonyl (C=O) groups is 1. The molecule has 1 saturated heterocycles. The van der Waals surface area contributed by atoms with E-state index in [1.807, 2.05) is 27.0 Å². The molecule has 0 bridgehead atoms. The summed E-state index contributed by atoms with van der Waals surface area (Å²) in [6.07, 6.45) is 7.44. The minimum Gasteiger partial charge on any atom is -0.486 e. The van der Waals surface area contributed by atoms with Gasteiger partial charge in [-0.3, -0.25) is 4.99 Å². The third kappa shape index (κ3) is 4.87. The fraction of sp³-hybridized carbons (Fsp3) is 0.600. The Hall–Kier alpha value is -2.70. The van der Waals surface area contributed by atoms with E-state index in [0.29, 0.717) is 25.2 Å². The van der Waals surface area contributed by atoms with Crippen molar-refractivity contribution >= 4 is 23.6 Å². The number of likely N-dealkylation sites (tertiary alicyclic amines) is 1. The summed E-state index contributed by atoms with van der Waals surface area (Å²) < 4.78 is 12.0. The second-order valence-corrected chi connectivity index (χ2v) is 10.2. The zero-order chi connectivity index (χ0) is 23.0. The summed E-state index contributed by atoms with van der Waals surface area (Å²) in [6.45, 7) is 8.91. The molecule has 2 heterocycles. The highest BCUT2D eigenvalue weighted by atomic mass is 16.6. The van der Waals surface area contributed by atoms with Gasteiger partial charge in [-0.2, -0.15) is 0 Å². The van der Waals surface area contributed by atoms with Crippen molar-refractivity contribution in [2.75, 3.05) is 25.0 Å². The van der Waals surface area contributed by atoms with Crippen LogP contribution in [0.2, 0.25) is 0 Å². The highest BCUT2D eigenvalue weighted by Crippen LogP contribution is 2.41. The van der Waals surface area contributed by atoms with E-state index in [-0.39, 0.29) is 12.2 Å². The first-order valence-electron chi connectivity index (χ1n) is 11.6. The number of ether oxygens (including phenoxy) is 2. The Morgan fingerprint density at radius 3 is 2.56 bits per heavy atom. The molecule has 2 fully saturated rings. The van der Waals surface area contributed by atoms with Gasteiger partial charge in [0.1, 0.15) is 17.5 Å². The summed E-state index contributed by atoms with van der Waals surface area (Å²) in [4.78, 5) is 21.0. The highest BCUT2D eigenvalue weighted by molar-refractivity contribution is 6.11. The largest absolute Gasteiger partial charge is 0.486 e. The second kappa shape index (κ2) is 8.68. The van der Waals surface area contributed by atoms with Crippen LogP contribution < -0.4 is 15.4 Å². The number of benzene rings is 1. The van der Waals surface area contributed by atoms with Crippen molar-refractivity contribution in [3.8, 4) is 5.75 Å². The van der Waals surface area contributed by atoms with Gasteiger partial charge in [0.25, 0.3) is 0 Å². The molecule has 1 aliphatic carbocycles. The van der Waals surface area contributed by atoms with Gasteiger partial charge in [-0.05, 0) is 65.5 Å². The Kier molecular flexibility index (Phi) is 6.10. The number of nitrogens with zero attached hydrogens (tertiary/aromatic N) is 3. The number of hydrogen-bond donors (Lipinski definition) is 1. The summed E-state index contributed by atoms with van der Waals surface area (Å²) in [5.74, 6) is 0.869. The van der Waals surface area contributed by atoms with Crippen molar-refractivity contribution in [1.82, 2.24) is 4.90 Å². The Morgan fingerprint density at radius 1 is 1.22 bits per heavy atom.